The average Bonchev–Trinajstić information content (AvgIpc) is 3.23. The van der Waals surface area contributed by atoms with E-state index in [0.29, 0.717) is 29.7 Å². The fraction of sp³-hybridized carbons (Fsp3) is 0.444. The van der Waals surface area contributed by atoms with E-state index in [-0.39, 0.29) is 18.8 Å². The zero-order valence-electron chi connectivity index (χ0n) is 14.0. The minimum absolute atomic E-state index is 0.00245. The molecule has 0 spiro atoms. The lowest BCUT2D eigenvalue weighted by Crippen LogP contribution is -2.35. The van der Waals surface area contributed by atoms with Gasteiger partial charge in [-0.05, 0) is 25.0 Å². The monoisotopic (exact) mass is 362 g/mol. The number of halogens is 1. The highest BCUT2D eigenvalue weighted by Crippen LogP contribution is 2.36. The third-order valence-corrected chi connectivity index (χ3v) is 4.92. The zero-order valence-corrected chi connectivity index (χ0v) is 14.7. The Morgan fingerprint density at radius 3 is 2.84 bits per heavy atom. The smallest absolute Gasteiger partial charge is 0.231 e. The Morgan fingerprint density at radius 2 is 2.12 bits per heavy atom. The Balaban J connectivity index is 1.61. The highest BCUT2D eigenvalue weighted by Gasteiger charge is 2.22. The first kappa shape index (κ1) is 16.4. The molecule has 7 heteroatoms. The largest absolute Gasteiger partial charge is 0.454 e. The molecular formula is C18H19ClN2O4. The third kappa shape index (κ3) is 3.37. The van der Waals surface area contributed by atoms with Gasteiger partial charge in [0.05, 0.1) is 11.6 Å². The van der Waals surface area contributed by atoms with Crippen molar-refractivity contribution in [1.29, 1.82) is 0 Å². The summed E-state index contributed by atoms with van der Waals surface area (Å²) in [6, 6.07) is 5.67. The molecule has 1 saturated heterocycles. The molecule has 2 aliphatic heterocycles. The Kier molecular flexibility index (Phi) is 4.39. The number of aromatic nitrogens is 1. The Morgan fingerprint density at radius 1 is 1.32 bits per heavy atom. The molecule has 0 N–H and O–H groups in total. The molecule has 0 bridgehead atoms. The standard InChI is InChI=1S/C18H19ClN2O4/c1-11(22)21(9-14-3-2-4-23-14)8-13-5-12-6-16-17(25-10-24-16)7-15(12)20-18(13)19/h5-7,14H,2-4,8-10H2,1H3/t14-/m0/s1. The maximum absolute atomic E-state index is 12.0. The van der Waals surface area contributed by atoms with Crippen molar-refractivity contribution in [3.05, 3.63) is 28.9 Å². The van der Waals surface area contributed by atoms with Crippen molar-refractivity contribution in [2.75, 3.05) is 19.9 Å². The first-order chi connectivity index (χ1) is 12.1. The van der Waals surface area contributed by atoms with E-state index in [1.54, 1.807) is 11.8 Å². The van der Waals surface area contributed by atoms with E-state index in [4.69, 9.17) is 25.8 Å². The summed E-state index contributed by atoms with van der Waals surface area (Å²) in [5, 5.41) is 1.30. The molecule has 132 valence electrons. The number of rotatable bonds is 4. The van der Waals surface area contributed by atoms with Crippen LogP contribution in [0.15, 0.2) is 18.2 Å². The molecular weight excluding hydrogens is 344 g/mol. The van der Waals surface area contributed by atoms with E-state index in [1.165, 1.54) is 0 Å². The molecule has 4 rings (SSSR count). The van der Waals surface area contributed by atoms with Crippen molar-refractivity contribution < 1.29 is 19.0 Å². The second-order valence-electron chi connectivity index (χ2n) is 6.37. The van der Waals surface area contributed by atoms with Crippen LogP contribution in [0.4, 0.5) is 0 Å². The van der Waals surface area contributed by atoms with E-state index < -0.39 is 0 Å². The van der Waals surface area contributed by atoms with Crippen LogP contribution in [-0.4, -0.2) is 41.8 Å². The number of benzene rings is 1. The van der Waals surface area contributed by atoms with Crippen LogP contribution >= 0.6 is 11.6 Å². The van der Waals surface area contributed by atoms with Gasteiger partial charge in [-0.15, -0.1) is 0 Å². The molecule has 0 aliphatic carbocycles. The van der Waals surface area contributed by atoms with Crippen molar-refractivity contribution in [1.82, 2.24) is 9.88 Å². The maximum Gasteiger partial charge on any atom is 0.231 e. The van der Waals surface area contributed by atoms with E-state index in [9.17, 15) is 4.79 Å². The number of ether oxygens (including phenoxy) is 3. The van der Waals surface area contributed by atoms with Gasteiger partial charge >= 0.3 is 0 Å². The fourth-order valence-electron chi connectivity index (χ4n) is 3.24. The molecule has 0 radical (unpaired) electrons. The SMILES string of the molecule is CC(=O)N(Cc1cc2cc3c(cc2nc1Cl)OCO3)C[C@@H]1CCCO1. The molecule has 1 aromatic heterocycles. The number of carbonyl (C=O) groups is 1. The summed E-state index contributed by atoms with van der Waals surface area (Å²) in [5.74, 6) is 1.37. The quantitative estimate of drug-likeness (QED) is 0.782. The summed E-state index contributed by atoms with van der Waals surface area (Å²) in [4.78, 5) is 18.3. The van der Waals surface area contributed by atoms with Gasteiger partial charge in [0.1, 0.15) is 5.15 Å². The first-order valence-corrected chi connectivity index (χ1v) is 8.74. The molecule has 6 nitrogen and oxygen atoms in total. The highest BCUT2D eigenvalue weighted by atomic mass is 35.5. The number of amides is 1. The number of hydrogen-bond donors (Lipinski definition) is 0. The van der Waals surface area contributed by atoms with Gasteiger partial charge in [-0.3, -0.25) is 4.79 Å². The average molecular weight is 363 g/mol. The number of carbonyl (C=O) groups excluding carboxylic acids is 1. The Hall–Kier alpha value is -2.05. The second kappa shape index (κ2) is 6.69. The summed E-state index contributed by atoms with van der Waals surface area (Å²) in [5.41, 5.74) is 1.55. The van der Waals surface area contributed by atoms with Crippen molar-refractivity contribution in [3.8, 4) is 11.5 Å². The molecule has 2 aromatic rings. The van der Waals surface area contributed by atoms with Crippen LogP contribution in [0.1, 0.15) is 25.3 Å². The van der Waals surface area contributed by atoms with E-state index >= 15 is 0 Å². The van der Waals surface area contributed by atoms with Crippen LogP contribution in [0.3, 0.4) is 0 Å². The van der Waals surface area contributed by atoms with E-state index in [2.05, 4.69) is 4.98 Å². The van der Waals surface area contributed by atoms with Crippen molar-refractivity contribution >= 4 is 28.4 Å². The van der Waals surface area contributed by atoms with E-state index in [0.717, 1.165) is 35.9 Å². The topological polar surface area (TPSA) is 60.9 Å². The van der Waals surface area contributed by atoms with Crippen molar-refractivity contribution in [3.63, 3.8) is 0 Å². The van der Waals surface area contributed by atoms with Gasteiger partial charge < -0.3 is 19.1 Å². The van der Waals surface area contributed by atoms with Gasteiger partial charge in [0.15, 0.2) is 11.5 Å². The molecule has 2 aliphatic rings. The van der Waals surface area contributed by atoms with Crippen LogP contribution in [0.25, 0.3) is 10.9 Å². The lowest BCUT2D eigenvalue weighted by Gasteiger charge is -2.24. The zero-order chi connectivity index (χ0) is 17.4. The summed E-state index contributed by atoms with van der Waals surface area (Å²) in [6.07, 6.45) is 2.13. The predicted octanol–water partition coefficient (Wildman–Crippen LogP) is 3.14. The van der Waals surface area contributed by atoms with Crippen LogP contribution in [0.5, 0.6) is 11.5 Å². The van der Waals surface area contributed by atoms with Crippen LogP contribution < -0.4 is 9.47 Å². The second-order valence-corrected chi connectivity index (χ2v) is 6.73. The summed E-state index contributed by atoms with van der Waals surface area (Å²) >= 11 is 6.37. The van der Waals surface area contributed by atoms with Gasteiger partial charge in [0, 0.05) is 43.6 Å². The molecule has 1 amide bonds. The molecule has 1 fully saturated rings. The van der Waals surface area contributed by atoms with Crippen molar-refractivity contribution in [2.24, 2.45) is 0 Å². The number of hydrogen-bond acceptors (Lipinski definition) is 5. The lowest BCUT2D eigenvalue weighted by atomic mass is 10.1. The van der Waals surface area contributed by atoms with Crippen LogP contribution in [0, 0.1) is 0 Å². The predicted molar refractivity (Wildman–Crippen MR) is 92.9 cm³/mol. The third-order valence-electron chi connectivity index (χ3n) is 4.59. The minimum Gasteiger partial charge on any atom is -0.454 e. The number of pyridine rings is 1. The Bertz CT molecular complexity index is 820. The van der Waals surface area contributed by atoms with Gasteiger partial charge in [-0.2, -0.15) is 0 Å². The normalized spacial score (nSPS) is 18.7. The number of fused-ring (bicyclic) bond motifs is 2. The fourth-order valence-corrected chi connectivity index (χ4v) is 3.44. The van der Waals surface area contributed by atoms with Gasteiger partial charge in [0.25, 0.3) is 0 Å². The van der Waals surface area contributed by atoms with Gasteiger partial charge in [-0.1, -0.05) is 11.6 Å². The minimum atomic E-state index is -0.00245. The molecule has 1 aromatic carbocycles. The molecule has 25 heavy (non-hydrogen) atoms. The molecule has 0 unspecified atom stereocenters. The molecule has 3 heterocycles. The maximum atomic E-state index is 12.0. The summed E-state index contributed by atoms with van der Waals surface area (Å²) in [7, 11) is 0. The number of nitrogens with zero attached hydrogens (tertiary/aromatic N) is 2. The van der Waals surface area contributed by atoms with E-state index in [1.807, 2.05) is 18.2 Å². The van der Waals surface area contributed by atoms with Crippen LogP contribution in [-0.2, 0) is 16.1 Å². The van der Waals surface area contributed by atoms with Gasteiger partial charge in [-0.25, -0.2) is 4.98 Å². The van der Waals surface area contributed by atoms with Crippen LogP contribution in [0.2, 0.25) is 5.15 Å². The highest BCUT2D eigenvalue weighted by molar-refractivity contribution is 6.30. The Labute approximate surface area is 150 Å². The summed E-state index contributed by atoms with van der Waals surface area (Å²) < 4.78 is 16.4. The van der Waals surface area contributed by atoms with Crippen molar-refractivity contribution in [2.45, 2.75) is 32.4 Å². The molecule has 1 atom stereocenters. The first-order valence-electron chi connectivity index (χ1n) is 8.36. The summed E-state index contributed by atoms with van der Waals surface area (Å²) in [6.45, 7) is 3.53. The lowest BCUT2D eigenvalue weighted by molar-refractivity contribution is -0.131. The molecule has 0 saturated carbocycles. The van der Waals surface area contributed by atoms with Gasteiger partial charge in [0.2, 0.25) is 12.7 Å².